The van der Waals surface area contributed by atoms with E-state index < -0.39 is 0 Å². The molecule has 44 heavy (non-hydrogen) atoms. The molecule has 1 fully saturated rings. The van der Waals surface area contributed by atoms with Crippen LogP contribution in [-0.4, -0.2) is 98.5 Å². The van der Waals surface area contributed by atoms with Crippen molar-refractivity contribution in [2.75, 3.05) is 88.3 Å². The smallest absolute Gasteiger partial charge is 0.228 e. The summed E-state index contributed by atoms with van der Waals surface area (Å²) in [6.07, 6.45) is 8.07. The first-order valence-electron chi connectivity index (χ1n) is 15.7. The topological polar surface area (TPSA) is 98.0 Å². The van der Waals surface area contributed by atoms with Gasteiger partial charge < -0.3 is 30.2 Å². The molecule has 3 aromatic rings. The Morgan fingerprint density at radius 2 is 1.77 bits per heavy atom. The summed E-state index contributed by atoms with van der Waals surface area (Å²) >= 11 is 1.90. The summed E-state index contributed by atoms with van der Waals surface area (Å²) in [4.78, 5) is 16.0. The zero-order valence-corrected chi connectivity index (χ0v) is 26.7. The van der Waals surface area contributed by atoms with Gasteiger partial charge in [-0.3, -0.25) is 4.90 Å². The van der Waals surface area contributed by atoms with E-state index in [0.29, 0.717) is 39.6 Å². The van der Waals surface area contributed by atoms with Gasteiger partial charge >= 0.3 is 0 Å². The van der Waals surface area contributed by atoms with Crippen molar-refractivity contribution in [2.24, 2.45) is 5.73 Å². The lowest BCUT2D eigenvalue weighted by molar-refractivity contribution is -0.00119. The molecule has 0 radical (unpaired) electrons. The van der Waals surface area contributed by atoms with Gasteiger partial charge in [0.2, 0.25) is 5.95 Å². The average Bonchev–Trinajstić information content (AvgIpc) is 3.24. The highest BCUT2D eigenvalue weighted by atomic mass is 32.2. The number of aryl methyl sites for hydroxylation is 1. The first kappa shape index (κ1) is 32.5. The van der Waals surface area contributed by atoms with Crippen LogP contribution in [0.5, 0.6) is 0 Å². The number of likely N-dealkylation sites (tertiary alicyclic amines) is 1. The molecule has 10 heteroatoms. The number of hydrogen-bond acceptors (Lipinski definition) is 10. The quantitative estimate of drug-likeness (QED) is 0.168. The van der Waals surface area contributed by atoms with Crippen LogP contribution in [0.1, 0.15) is 30.4 Å². The van der Waals surface area contributed by atoms with Crippen molar-refractivity contribution in [1.29, 1.82) is 0 Å². The number of ether oxygens (including phenoxy) is 3. The molecule has 2 aliphatic rings. The van der Waals surface area contributed by atoms with Crippen molar-refractivity contribution in [2.45, 2.75) is 43.2 Å². The lowest BCUT2D eigenvalue weighted by Crippen LogP contribution is -2.70. The second kappa shape index (κ2) is 16.4. The van der Waals surface area contributed by atoms with Crippen LogP contribution >= 0.6 is 11.8 Å². The van der Waals surface area contributed by atoms with Crippen LogP contribution in [0.25, 0.3) is 10.9 Å². The third-order valence-corrected chi connectivity index (χ3v) is 9.01. The average molecular weight is 619 g/mol. The van der Waals surface area contributed by atoms with Gasteiger partial charge in [-0.15, -0.1) is 24.1 Å². The molecular formula is C34H46N6O3S. The summed E-state index contributed by atoms with van der Waals surface area (Å²) in [5, 5.41) is 4.64. The number of nitrogens with two attached hydrogens (primary N) is 1. The number of nitrogens with zero attached hydrogens (tertiary/aromatic N) is 4. The van der Waals surface area contributed by atoms with Crippen molar-refractivity contribution < 1.29 is 14.2 Å². The van der Waals surface area contributed by atoms with Gasteiger partial charge in [-0.2, -0.15) is 4.98 Å². The predicted octanol–water partition coefficient (Wildman–Crippen LogP) is 4.33. The van der Waals surface area contributed by atoms with Crippen LogP contribution in [0.2, 0.25) is 0 Å². The lowest BCUT2D eigenvalue weighted by atomic mass is 9.91. The summed E-state index contributed by atoms with van der Waals surface area (Å²) in [7, 11) is 0. The molecule has 1 aromatic heterocycles. The number of nitrogens with one attached hydrogen (secondary N) is 1. The normalized spacial score (nSPS) is 16.2. The number of unbranched alkanes of at least 4 members (excludes halogenated alkanes) is 2. The molecule has 0 unspecified atom stereocenters. The van der Waals surface area contributed by atoms with Crippen molar-refractivity contribution in [3.8, 4) is 12.3 Å². The fourth-order valence-corrected chi connectivity index (χ4v) is 6.57. The van der Waals surface area contributed by atoms with E-state index >= 15 is 0 Å². The second-order valence-electron chi connectivity index (χ2n) is 11.7. The molecular weight excluding hydrogens is 572 g/mol. The van der Waals surface area contributed by atoms with Crippen LogP contribution in [0.15, 0.2) is 47.4 Å². The Morgan fingerprint density at radius 3 is 2.59 bits per heavy atom. The molecule has 1 saturated heterocycles. The molecule has 0 spiro atoms. The minimum Gasteiger partial charge on any atom is -0.379 e. The van der Waals surface area contributed by atoms with Crippen molar-refractivity contribution in [3.63, 3.8) is 0 Å². The number of terminal acetylenes is 1. The number of aromatic nitrogens is 2. The monoisotopic (exact) mass is 618 g/mol. The second-order valence-corrected chi connectivity index (χ2v) is 12.8. The number of anilines is 2. The molecule has 236 valence electrons. The van der Waals surface area contributed by atoms with Crippen LogP contribution in [-0.2, 0) is 20.8 Å². The number of thioether (sulfide) groups is 1. The van der Waals surface area contributed by atoms with E-state index in [0.717, 1.165) is 87.0 Å². The molecule has 9 nitrogen and oxygen atoms in total. The van der Waals surface area contributed by atoms with Gasteiger partial charge in [0, 0.05) is 68.3 Å². The van der Waals surface area contributed by atoms with E-state index in [-0.39, 0.29) is 5.54 Å². The van der Waals surface area contributed by atoms with Crippen LogP contribution in [0, 0.1) is 19.3 Å². The Kier molecular flexibility index (Phi) is 12.1. The number of benzene rings is 2. The lowest BCUT2D eigenvalue weighted by Gasteiger charge is -2.47. The SMILES string of the molecule is C#CCCCCOCCOCCOCCN1CC(N)(CNc2nc(N3CCSc4ccccc4C3)nc3ccc(C)cc23)C1. The van der Waals surface area contributed by atoms with E-state index in [9.17, 15) is 0 Å². The molecule has 0 aliphatic carbocycles. The van der Waals surface area contributed by atoms with E-state index in [1.807, 2.05) is 11.8 Å². The minimum atomic E-state index is -0.316. The molecule has 0 bridgehead atoms. The third kappa shape index (κ3) is 9.30. The Labute approximate surface area is 266 Å². The van der Waals surface area contributed by atoms with Crippen LogP contribution < -0.4 is 16.0 Å². The van der Waals surface area contributed by atoms with E-state index in [4.69, 9.17) is 36.3 Å². The first-order chi connectivity index (χ1) is 21.5. The summed E-state index contributed by atoms with van der Waals surface area (Å²) in [6, 6.07) is 15.0. The zero-order chi connectivity index (χ0) is 30.6. The molecule has 5 rings (SSSR count). The summed E-state index contributed by atoms with van der Waals surface area (Å²) in [5.41, 5.74) is 9.90. The van der Waals surface area contributed by atoms with Crippen molar-refractivity contribution >= 4 is 34.4 Å². The number of fused-ring (bicyclic) bond motifs is 2. The van der Waals surface area contributed by atoms with Gasteiger partial charge in [0.1, 0.15) is 5.82 Å². The van der Waals surface area contributed by atoms with Gasteiger partial charge in [-0.05, 0) is 43.5 Å². The highest BCUT2D eigenvalue weighted by Gasteiger charge is 2.39. The number of rotatable bonds is 17. The summed E-state index contributed by atoms with van der Waals surface area (Å²) in [5.74, 6) is 5.24. The van der Waals surface area contributed by atoms with Crippen LogP contribution in [0.3, 0.4) is 0 Å². The van der Waals surface area contributed by atoms with E-state index in [2.05, 4.69) is 70.4 Å². The summed E-state index contributed by atoms with van der Waals surface area (Å²) in [6.45, 7) is 10.6. The zero-order valence-electron chi connectivity index (χ0n) is 25.9. The summed E-state index contributed by atoms with van der Waals surface area (Å²) < 4.78 is 16.9. The fraction of sp³-hybridized carbons (Fsp3) is 0.529. The predicted molar refractivity (Wildman–Crippen MR) is 179 cm³/mol. The molecule has 2 aromatic carbocycles. The Morgan fingerprint density at radius 1 is 1.00 bits per heavy atom. The van der Waals surface area contributed by atoms with E-state index in [1.165, 1.54) is 16.0 Å². The van der Waals surface area contributed by atoms with Gasteiger partial charge in [0.05, 0.1) is 44.1 Å². The fourth-order valence-electron chi connectivity index (χ4n) is 5.54. The highest BCUT2D eigenvalue weighted by Crippen LogP contribution is 2.31. The molecule has 3 heterocycles. The van der Waals surface area contributed by atoms with E-state index in [1.54, 1.807) is 0 Å². The first-order valence-corrected chi connectivity index (χ1v) is 16.7. The van der Waals surface area contributed by atoms with Gasteiger partial charge in [-0.1, -0.05) is 29.8 Å². The van der Waals surface area contributed by atoms with Gasteiger partial charge in [-0.25, -0.2) is 4.98 Å². The van der Waals surface area contributed by atoms with Crippen molar-refractivity contribution in [1.82, 2.24) is 14.9 Å². The third-order valence-electron chi connectivity index (χ3n) is 7.92. The molecule has 0 atom stereocenters. The largest absolute Gasteiger partial charge is 0.379 e. The maximum Gasteiger partial charge on any atom is 0.228 e. The minimum absolute atomic E-state index is 0.316. The molecule has 0 amide bonds. The Bertz CT molecular complexity index is 1390. The molecule has 2 aliphatic heterocycles. The van der Waals surface area contributed by atoms with Gasteiger partial charge in [0.15, 0.2) is 0 Å². The maximum atomic E-state index is 6.77. The van der Waals surface area contributed by atoms with Gasteiger partial charge in [0.25, 0.3) is 0 Å². The molecule has 0 saturated carbocycles. The standard InChI is InChI=1S/C34H46N6O3S/c1-3-4-5-8-15-41-17-19-43-20-18-42-16-13-39-25-34(35,26-39)24-36-32-29-22-27(2)11-12-30(29)37-33(38-32)40-14-21-44-31-10-7-6-9-28(31)23-40/h1,6-7,9-12,22H,4-5,8,13-21,23-26,35H2,2H3,(H,36,37,38). The maximum absolute atomic E-state index is 6.77. The van der Waals surface area contributed by atoms with Crippen LogP contribution in [0.4, 0.5) is 11.8 Å². The van der Waals surface area contributed by atoms with Crippen molar-refractivity contribution in [3.05, 3.63) is 53.6 Å². The Balaban J connectivity index is 1.05. The highest BCUT2D eigenvalue weighted by molar-refractivity contribution is 7.99. The Hall–Kier alpha value is -2.91. The molecule has 3 N–H and O–H groups in total. The number of hydrogen-bond donors (Lipinski definition) is 2.